The fourth-order valence-corrected chi connectivity index (χ4v) is 4.05. The Morgan fingerprint density at radius 3 is 2.66 bits per heavy atom. The number of carbonyl (C=O) groups is 1. The van der Waals surface area contributed by atoms with Gasteiger partial charge in [-0.1, -0.05) is 30.3 Å². The molecule has 0 bridgehead atoms. The number of hydrogen-bond acceptors (Lipinski definition) is 4. The first-order valence-electron chi connectivity index (χ1n) is 10.1. The van der Waals surface area contributed by atoms with Gasteiger partial charge < -0.3 is 10.0 Å². The minimum atomic E-state index is 0.0511. The highest BCUT2D eigenvalue weighted by molar-refractivity contribution is 5.95. The van der Waals surface area contributed by atoms with Gasteiger partial charge in [0.2, 0.25) is 0 Å². The summed E-state index contributed by atoms with van der Waals surface area (Å²) in [5.41, 5.74) is 4.79. The number of aryl methyl sites for hydroxylation is 1. The highest BCUT2D eigenvalue weighted by atomic mass is 16.3. The number of hydrogen-bond donors (Lipinski definition) is 1. The summed E-state index contributed by atoms with van der Waals surface area (Å²) < 4.78 is 0. The number of para-hydroxylation sites is 1. The van der Waals surface area contributed by atoms with Crippen molar-refractivity contribution in [3.05, 3.63) is 65.7 Å². The topological polar surface area (TPSA) is 56.7 Å². The predicted octanol–water partition coefficient (Wildman–Crippen LogP) is 3.35. The van der Waals surface area contributed by atoms with Gasteiger partial charge in [0, 0.05) is 48.8 Å². The lowest BCUT2D eigenvalue weighted by atomic mass is 10.0. The number of pyridine rings is 1. The van der Waals surface area contributed by atoms with E-state index in [0.717, 1.165) is 28.7 Å². The zero-order chi connectivity index (χ0) is 20.4. The maximum atomic E-state index is 13.0. The van der Waals surface area contributed by atoms with E-state index in [1.807, 2.05) is 47.4 Å². The number of likely N-dealkylation sites (N-methyl/N-ethyl adjacent to an activating group) is 1. The van der Waals surface area contributed by atoms with Crippen LogP contribution in [0.5, 0.6) is 0 Å². The van der Waals surface area contributed by atoms with Gasteiger partial charge in [-0.05, 0) is 50.2 Å². The number of piperazine rings is 1. The Hall–Kier alpha value is -2.76. The van der Waals surface area contributed by atoms with Crippen LogP contribution in [0.25, 0.3) is 22.2 Å². The lowest BCUT2D eigenvalue weighted by molar-refractivity contribution is 0.0500. The SMILES string of the molecule is Cc1cc(-c2ccc(C(=O)N3CCN(C)C(CCO)C3)cc2)nc2ccccc12. The van der Waals surface area contributed by atoms with Crippen LogP contribution in [-0.4, -0.2) is 65.1 Å². The summed E-state index contributed by atoms with van der Waals surface area (Å²) in [6.45, 7) is 4.44. The number of aliphatic hydroxyl groups is 1. The Labute approximate surface area is 171 Å². The molecular formula is C24H27N3O2. The van der Waals surface area contributed by atoms with Crippen LogP contribution >= 0.6 is 0 Å². The van der Waals surface area contributed by atoms with Gasteiger partial charge in [0.1, 0.15) is 0 Å². The number of rotatable bonds is 4. The normalized spacial score (nSPS) is 17.6. The molecule has 150 valence electrons. The van der Waals surface area contributed by atoms with Gasteiger partial charge in [-0.3, -0.25) is 9.69 Å². The van der Waals surface area contributed by atoms with Gasteiger partial charge in [-0.2, -0.15) is 0 Å². The van der Waals surface area contributed by atoms with E-state index in [4.69, 9.17) is 4.98 Å². The zero-order valence-electron chi connectivity index (χ0n) is 17.0. The maximum Gasteiger partial charge on any atom is 0.253 e. The van der Waals surface area contributed by atoms with Crippen LogP contribution in [0.4, 0.5) is 0 Å². The number of nitrogens with zero attached hydrogens (tertiary/aromatic N) is 3. The average molecular weight is 389 g/mol. The van der Waals surface area contributed by atoms with Crippen molar-refractivity contribution in [2.45, 2.75) is 19.4 Å². The molecule has 2 heterocycles. The van der Waals surface area contributed by atoms with Gasteiger partial charge in [0.05, 0.1) is 11.2 Å². The van der Waals surface area contributed by atoms with Crippen molar-refractivity contribution in [3.63, 3.8) is 0 Å². The maximum absolute atomic E-state index is 13.0. The lowest BCUT2D eigenvalue weighted by Crippen LogP contribution is -2.53. The molecule has 1 aliphatic rings. The Balaban J connectivity index is 1.54. The zero-order valence-corrected chi connectivity index (χ0v) is 17.0. The summed E-state index contributed by atoms with van der Waals surface area (Å²) in [5, 5.41) is 10.4. The van der Waals surface area contributed by atoms with Crippen LogP contribution in [0.1, 0.15) is 22.3 Å². The molecule has 1 aliphatic heterocycles. The van der Waals surface area contributed by atoms with E-state index in [2.05, 4.69) is 31.0 Å². The van der Waals surface area contributed by atoms with Crippen molar-refractivity contribution in [1.82, 2.24) is 14.8 Å². The summed E-state index contributed by atoms with van der Waals surface area (Å²) in [7, 11) is 2.05. The molecule has 1 aromatic heterocycles. The van der Waals surface area contributed by atoms with E-state index in [9.17, 15) is 9.90 Å². The fourth-order valence-electron chi connectivity index (χ4n) is 4.05. The molecule has 1 fully saturated rings. The average Bonchev–Trinajstić information content (AvgIpc) is 2.75. The van der Waals surface area contributed by atoms with Crippen LogP contribution in [-0.2, 0) is 0 Å². The number of aromatic nitrogens is 1. The second-order valence-corrected chi connectivity index (χ2v) is 7.82. The largest absolute Gasteiger partial charge is 0.396 e. The molecule has 3 aromatic rings. The van der Waals surface area contributed by atoms with Crippen molar-refractivity contribution in [2.24, 2.45) is 0 Å². The quantitative estimate of drug-likeness (QED) is 0.744. The van der Waals surface area contributed by atoms with Gasteiger partial charge >= 0.3 is 0 Å². The minimum Gasteiger partial charge on any atom is -0.396 e. The molecular weight excluding hydrogens is 362 g/mol. The Kier molecular flexibility index (Phi) is 5.60. The number of benzene rings is 2. The molecule has 0 radical (unpaired) electrons. The van der Waals surface area contributed by atoms with E-state index in [0.29, 0.717) is 25.1 Å². The molecule has 1 N–H and O–H groups in total. The van der Waals surface area contributed by atoms with Crippen molar-refractivity contribution >= 4 is 16.8 Å². The van der Waals surface area contributed by atoms with Gasteiger partial charge in [-0.15, -0.1) is 0 Å². The smallest absolute Gasteiger partial charge is 0.253 e. The highest BCUT2D eigenvalue weighted by Gasteiger charge is 2.27. The van der Waals surface area contributed by atoms with Crippen LogP contribution in [0.15, 0.2) is 54.6 Å². The Morgan fingerprint density at radius 1 is 1.14 bits per heavy atom. The molecule has 0 spiro atoms. The molecule has 29 heavy (non-hydrogen) atoms. The summed E-state index contributed by atoms with van der Waals surface area (Å²) in [6, 6.07) is 18.2. The molecule has 4 rings (SSSR count). The van der Waals surface area contributed by atoms with Crippen molar-refractivity contribution < 1.29 is 9.90 Å². The summed E-state index contributed by atoms with van der Waals surface area (Å²) in [6.07, 6.45) is 0.687. The van der Waals surface area contributed by atoms with Crippen molar-refractivity contribution in [2.75, 3.05) is 33.3 Å². The monoisotopic (exact) mass is 389 g/mol. The van der Waals surface area contributed by atoms with Crippen LogP contribution in [0.2, 0.25) is 0 Å². The van der Waals surface area contributed by atoms with Crippen LogP contribution in [0.3, 0.4) is 0 Å². The highest BCUT2D eigenvalue weighted by Crippen LogP contribution is 2.25. The Morgan fingerprint density at radius 2 is 1.90 bits per heavy atom. The summed E-state index contributed by atoms with van der Waals surface area (Å²) in [4.78, 5) is 21.9. The molecule has 0 aliphatic carbocycles. The molecule has 1 unspecified atom stereocenters. The summed E-state index contributed by atoms with van der Waals surface area (Å²) in [5.74, 6) is 0.0511. The van der Waals surface area contributed by atoms with E-state index in [-0.39, 0.29) is 18.6 Å². The number of aliphatic hydroxyl groups excluding tert-OH is 1. The third kappa shape index (κ3) is 4.02. The third-order valence-electron chi connectivity index (χ3n) is 5.88. The number of carbonyl (C=O) groups excluding carboxylic acids is 1. The lowest BCUT2D eigenvalue weighted by Gasteiger charge is -2.39. The minimum absolute atomic E-state index is 0.0511. The van der Waals surface area contributed by atoms with E-state index >= 15 is 0 Å². The molecule has 0 saturated carbocycles. The van der Waals surface area contributed by atoms with E-state index < -0.39 is 0 Å². The van der Waals surface area contributed by atoms with Gasteiger partial charge in [0.25, 0.3) is 5.91 Å². The fraction of sp³-hybridized carbons (Fsp3) is 0.333. The van der Waals surface area contributed by atoms with Gasteiger partial charge in [-0.25, -0.2) is 4.98 Å². The third-order valence-corrected chi connectivity index (χ3v) is 5.88. The van der Waals surface area contributed by atoms with Gasteiger partial charge in [0.15, 0.2) is 0 Å². The van der Waals surface area contributed by atoms with Crippen LogP contribution < -0.4 is 0 Å². The standard InChI is InChI=1S/C24H27N3O2/c1-17-15-23(25-22-6-4-3-5-21(17)22)18-7-9-19(10-8-18)24(29)27-13-12-26(2)20(16-27)11-14-28/h3-10,15,20,28H,11-14,16H2,1-2H3. The summed E-state index contributed by atoms with van der Waals surface area (Å²) >= 11 is 0. The first kappa shape index (κ1) is 19.6. The number of amides is 1. The van der Waals surface area contributed by atoms with E-state index in [1.54, 1.807) is 0 Å². The molecule has 1 saturated heterocycles. The van der Waals surface area contributed by atoms with Crippen LogP contribution in [0, 0.1) is 6.92 Å². The molecule has 5 heteroatoms. The second kappa shape index (κ2) is 8.31. The predicted molar refractivity (Wildman–Crippen MR) is 116 cm³/mol. The van der Waals surface area contributed by atoms with Crippen molar-refractivity contribution in [3.8, 4) is 11.3 Å². The van der Waals surface area contributed by atoms with E-state index in [1.165, 1.54) is 5.56 Å². The first-order valence-corrected chi connectivity index (χ1v) is 10.1. The molecule has 1 atom stereocenters. The Bertz CT molecular complexity index is 1020. The molecule has 1 amide bonds. The molecule has 2 aromatic carbocycles. The molecule has 5 nitrogen and oxygen atoms in total. The second-order valence-electron chi connectivity index (χ2n) is 7.82. The van der Waals surface area contributed by atoms with Crippen molar-refractivity contribution in [1.29, 1.82) is 0 Å². The first-order chi connectivity index (χ1) is 14.1. The number of fused-ring (bicyclic) bond motifs is 1.